The summed E-state index contributed by atoms with van der Waals surface area (Å²) in [5.74, 6) is 2.70. The zero-order valence-corrected chi connectivity index (χ0v) is 17.4. The Morgan fingerprint density at radius 1 is 0.611 bits per heavy atom. The second-order valence-electron chi connectivity index (χ2n) is 3.53. The van der Waals surface area contributed by atoms with Crippen molar-refractivity contribution in [2.24, 2.45) is 0 Å². The van der Waals surface area contributed by atoms with Crippen LogP contribution in [0.1, 0.15) is 0 Å². The topological polar surface area (TPSA) is 0 Å². The van der Waals surface area contributed by atoms with Gasteiger partial charge in [0.2, 0.25) is 0 Å². The Kier molecular flexibility index (Phi) is 4.84. The quantitative estimate of drug-likeness (QED) is 0.443. The third kappa shape index (κ3) is 2.81. The molecule has 0 fully saturated rings. The Morgan fingerprint density at radius 2 is 1.11 bits per heavy atom. The molecule has 0 aromatic heterocycles. The molecule has 96 valence electrons. The van der Waals surface area contributed by atoms with E-state index in [1.807, 2.05) is 0 Å². The van der Waals surface area contributed by atoms with E-state index in [0.29, 0.717) is 0 Å². The average molecular weight is 478 g/mol. The summed E-state index contributed by atoms with van der Waals surface area (Å²) >= 11 is 14.0. The number of hydrogen-bond donors (Lipinski definition) is 0. The third-order valence-corrected chi connectivity index (χ3v) is 18.7. The fraction of sp³-hybridized carbons (Fsp3) is 0.400. The molecule has 4 rings (SSSR count). The average Bonchev–Trinajstić information content (AvgIpc) is 3.02. The van der Waals surface area contributed by atoms with Gasteiger partial charge in [0.25, 0.3) is 0 Å². The summed E-state index contributed by atoms with van der Waals surface area (Å²) in [5.41, 5.74) is 0. The summed E-state index contributed by atoms with van der Waals surface area (Å²) in [5, 5.41) is 2.86. The zero-order chi connectivity index (χ0) is 11.9. The van der Waals surface area contributed by atoms with Crippen molar-refractivity contribution in [3.05, 3.63) is 24.6 Å². The zero-order valence-electron chi connectivity index (χ0n) is 9.09. The Hall–Kier alpha value is 2.36. The van der Waals surface area contributed by atoms with Gasteiger partial charge in [-0.15, -0.1) is 0 Å². The van der Waals surface area contributed by atoms with E-state index < -0.39 is 0 Å². The Bertz CT molecular complexity index is 411. The first kappa shape index (κ1) is 14.0. The fourth-order valence-electron chi connectivity index (χ4n) is 1.60. The summed E-state index contributed by atoms with van der Waals surface area (Å²) in [7, 11) is 0. The normalized spacial score (nSPS) is 32.0. The third-order valence-electron chi connectivity index (χ3n) is 2.34. The molecule has 0 N–H and O–H groups in total. The van der Waals surface area contributed by atoms with Crippen molar-refractivity contribution in [2.45, 2.75) is 10.6 Å². The van der Waals surface area contributed by atoms with E-state index in [4.69, 9.17) is 0 Å². The van der Waals surface area contributed by atoms with E-state index in [9.17, 15) is 0 Å². The van der Waals surface area contributed by atoms with E-state index in [0.717, 1.165) is 29.9 Å². The molecular formula is C10H8S6Se2. The summed E-state index contributed by atoms with van der Waals surface area (Å²) in [6.45, 7) is 0. The van der Waals surface area contributed by atoms with Crippen molar-refractivity contribution >= 4 is 100 Å². The van der Waals surface area contributed by atoms with Crippen molar-refractivity contribution in [3.8, 4) is 0 Å². The van der Waals surface area contributed by atoms with Gasteiger partial charge in [0.15, 0.2) is 0 Å². The van der Waals surface area contributed by atoms with Crippen LogP contribution in [0.15, 0.2) is 24.6 Å². The molecule has 0 aromatic carbocycles. The van der Waals surface area contributed by atoms with E-state index in [1.165, 1.54) is 22.1 Å². The predicted molar refractivity (Wildman–Crippen MR) is 97.5 cm³/mol. The van der Waals surface area contributed by atoms with Crippen molar-refractivity contribution in [1.82, 2.24) is 0 Å². The molecule has 18 heavy (non-hydrogen) atoms. The molecule has 0 nitrogen and oxygen atoms in total. The van der Waals surface area contributed by atoms with Crippen LogP contribution in [0, 0.1) is 0 Å². The molecule has 0 atom stereocenters. The molecule has 0 radical (unpaired) electrons. The van der Waals surface area contributed by atoms with Crippen LogP contribution in [0.4, 0.5) is 0 Å². The van der Waals surface area contributed by atoms with E-state index in [-0.39, 0.29) is 0 Å². The molecule has 0 bridgehead atoms. The van der Waals surface area contributed by atoms with Gasteiger partial charge in [0, 0.05) is 0 Å². The molecule has 0 unspecified atom stereocenters. The molecule has 8 heteroatoms. The van der Waals surface area contributed by atoms with E-state index >= 15 is 0 Å². The Morgan fingerprint density at radius 3 is 1.56 bits per heavy atom. The van der Waals surface area contributed by atoms with Crippen LogP contribution >= 0.6 is 70.6 Å². The Labute approximate surface area is 145 Å². The molecule has 0 spiro atoms. The maximum atomic E-state index is 2.10. The van der Waals surface area contributed by atoms with E-state index in [1.54, 1.807) is 24.6 Å². The van der Waals surface area contributed by atoms with Gasteiger partial charge >= 0.3 is 147 Å². The number of hydrogen-bond acceptors (Lipinski definition) is 6. The first-order chi connectivity index (χ1) is 8.90. The molecule has 4 heterocycles. The molecule has 0 saturated carbocycles. The maximum absolute atomic E-state index is 2.10. The molecule has 0 aliphatic carbocycles. The monoisotopic (exact) mass is 480 g/mol. The first-order valence-electron chi connectivity index (χ1n) is 5.35. The van der Waals surface area contributed by atoms with Gasteiger partial charge in [0.05, 0.1) is 0 Å². The molecule has 0 amide bonds. The van der Waals surface area contributed by atoms with Crippen LogP contribution in [0.3, 0.4) is 0 Å². The second kappa shape index (κ2) is 6.23. The summed E-state index contributed by atoms with van der Waals surface area (Å²) in [6, 6.07) is 0. The Balaban J connectivity index is 1.54. The second-order valence-corrected chi connectivity index (χ2v) is 16.7. The van der Waals surface area contributed by atoms with Crippen LogP contribution in [0.2, 0.25) is 10.6 Å². The van der Waals surface area contributed by atoms with Gasteiger partial charge in [-0.25, -0.2) is 0 Å². The van der Waals surface area contributed by atoms with Crippen molar-refractivity contribution in [1.29, 1.82) is 0 Å². The molecule has 0 saturated heterocycles. The summed E-state index contributed by atoms with van der Waals surface area (Å²) in [4.78, 5) is 0. The van der Waals surface area contributed by atoms with Crippen LogP contribution in [-0.2, 0) is 0 Å². The van der Waals surface area contributed by atoms with Gasteiger partial charge < -0.3 is 0 Å². The first-order valence-corrected chi connectivity index (χ1v) is 14.7. The van der Waals surface area contributed by atoms with Crippen LogP contribution in [-0.4, -0.2) is 41.4 Å². The van der Waals surface area contributed by atoms with Crippen molar-refractivity contribution in [3.63, 3.8) is 0 Å². The van der Waals surface area contributed by atoms with Gasteiger partial charge in [-0.3, -0.25) is 0 Å². The van der Waals surface area contributed by atoms with Gasteiger partial charge in [-0.2, -0.15) is 0 Å². The van der Waals surface area contributed by atoms with Crippen molar-refractivity contribution in [2.75, 3.05) is 11.5 Å². The predicted octanol–water partition coefficient (Wildman–Crippen LogP) is 5.06. The minimum atomic E-state index is 0.764. The van der Waals surface area contributed by atoms with Crippen LogP contribution in [0.5, 0.6) is 0 Å². The number of thioether (sulfide) groups is 6. The standard InChI is InChI=1S/C10H8S6Se2/c1-3-17-9-7(11-1)13-5(15-9)6-14-8-10(16-6)18-4-2-12-8/h1-4H2/b6-5+. The SMILES string of the molecule is C1C[Se]C2=C(S1)S/C(=C1/SC3=C(S1)[Se]CCS3)S2. The fourth-order valence-corrected chi connectivity index (χ4v) is 18.5. The van der Waals surface area contributed by atoms with Crippen LogP contribution < -0.4 is 0 Å². The summed E-state index contributed by atoms with van der Waals surface area (Å²) < 4.78 is 9.90. The van der Waals surface area contributed by atoms with Crippen molar-refractivity contribution < 1.29 is 0 Å². The molecule has 4 aliphatic rings. The van der Waals surface area contributed by atoms with Crippen LogP contribution in [0.25, 0.3) is 0 Å². The molecule has 0 aromatic rings. The molecular weight excluding hydrogens is 470 g/mol. The summed E-state index contributed by atoms with van der Waals surface area (Å²) in [6.07, 6.45) is 0. The minimum absolute atomic E-state index is 0.764. The van der Waals surface area contributed by atoms with Gasteiger partial charge in [-0.05, 0) is 0 Å². The molecule has 4 aliphatic heterocycles. The van der Waals surface area contributed by atoms with Gasteiger partial charge in [0.1, 0.15) is 0 Å². The van der Waals surface area contributed by atoms with E-state index in [2.05, 4.69) is 70.6 Å². The number of rotatable bonds is 0. The van der Waals surface area contributed by atoms with Gasteiger partial charge in [-0.1, -0.05) is 0 Å².